The average Bonchev–Trinajstić information content (AvgIpc) is 2.71. The lowest BCUT2D eigenvalue weighted by molar-refractivity contribution is -0.151. The van der Waals surface area contributed by atoms with Gasteiger partial charge in [0.05, 0.1) is 0 Å². The minimum Gasteiger partial charge on any atom is -0.461 e. The third-order valence-electron chi connectivity index (χ3n) is 2.87. The molecule has 4 heteroatoms. The van der Waals surface area contributed by atoms with E-state index < -0.39 is 0 Å². The molecule has 0 aromatic rings. The summed E-state index contributed by atoms with van der Waals surface area (Å²) in [5, 5.41) is 11.6. The summed E-state index contributed by atoms with van der Waals surface area (Å²) in [5.41, 5.74) is 0. The molecule has 0 aromatic carbocycles. The molecule has 15 heavy (non-hydrogen) atoms. The Kier molecular flexibility index (Phi) is 5.65. The van der Waals surface area contributed by atoms with Gasteiger partial charge in [0.15, 0.2) is 0 Å². The SMILES string of the molecule is CN[C@@H](CCCO)C(=O)OC1CCCC1. The van der Waals surface area contributed by atoms with Crippen LogP contribution in [0.4, 0.5) is 0 Å². The molecule has 1 aliphatic carbocycles. The number of aliphatic hydroxyl groups is 1. The molecule has 1 rings (SSSR count). The van der Waals surface area contributed by atoms with Crippen molar-refractivity contribution in [3.05, 3.63) is 0 Å². The lowest BCUT2D eigenvalue weighted by atomic mass is 10.1. The molecular formula is C11H21NO3. The van der Waals surface area contributed by atoms with E-state index in [4.69, 9.17) is 9.84 Å². The van der Waals surface area contributed by atoms with Crippen LogP contribution in [0.15, 0.2) is 0 Å². The van der Waals surface area contributed by atoms with Crippen molar-refractivity contribution in [3.8, 4) is 0 Å². The maximum atomic E-state index is 11.7. The zero-order valence-electron chi connectivity index (χ0n) is 9.37. The smallest absolute Gasteiger partial charge is 0.323 e. The van der Waals surface area contributed by atoms with Crippen LogP contribution in [0.25, 0.3) is 0 Å². The highest BCUT2D eigenvalue weighted by atomic mass is 16.5. The molecule has 0 unspecified atom stereocenters. The van der Waals surface area contributed by atoms with Crippen molar-refractivity contribution in [1.82, 2.24) is 5.32 Å². The largest absolute Gasteiger partial charge is 0.461 e. The molecule has 0 aromatic heterocycles. The van der Waals surface area contributed by atoms with E-state index >= 15 is 0 Å². The average molecular weight is 215 g/mol. The number of rotatable bonds is 6. The quantitative estimate of drug-likeness (QED) is 0.644. The van der Waals surface area contributed by atoms with Crippen LogP contribution >= 0.6 is 0 Å². The van der Waals surface area contributed by atoms with E-state index in [9.17, 15) is 4.79 Å². The summed E-state index contributed by atoms with van der Waals surface area (Å²) in [6, 6.07) is -0.266. The molecule has 0 aliphatic heterocycles. The van der Waals surface area contributed by atoms with Gasteiger partial charge in [0.1, 0.15) is 12.1 Å². The van der Waals surface area contributed by atoms with Gasteiger partial charge in [-0.1, -0.05) is 0 Å². The van der Waals surface area contributed by atoms with Crippen LogP contribution in [0.1, 0.15) is 38.5 Å². The number of carbonyl (C=O) groups excluding carboxylic acids is 1. The first-order chi connectivity index (χ1) is 7.27. The van der Waals surface area contributed by atoms with Crippen LogP contribution in [-0.2, 0) is 9.53 Å². The number of hydrogen-bond acceptors (Lipinski definition) is 4. The Hall–Kier alpha value is -0.610. The summed E-state index contributed by atoms with van der Waals surface area (Å²) in [6.07, 6.45) is 5.73. The number of nitrogens with one attached hydrogen (secondary N) is 1. The lowest BCUT2D eigenvalue weighted by Crippen LogP contribution is -2.37. The summed E-state index contributed by atoms with van der Waals surface area (Å²) < 4.78 is 5.38. The zero-order valence-corrected chi connectivity index (χ0v) is 9.37. The summed E-state index contributed by atoms with van der Waals surface area (Å²) in [7, 11) is 1.75. The van der Waals surface area contributed by atoms with Gasteiger partial charge in [0, 0.05) is 6.61 Å². The van der Waals surface area contributed by atoms with E-state index in [0.29, 0.717) is 12.8 Å². The Labute approximate surface area is 91.0 Å². The second kappa shape index (κ2) is 6.80. The van der Waals surface area contributed by atoms with E-state index in [0.717, 1.165) is 12.8 Å². The van der Waals surface area contributed by atoms with Crippen LogP contribution in [0.5, 0.6) is 0 Å². The zero-order chi connectivity index (χ0) is 11.1. The Morgan fingerprint density at radius 3 is 2.73 bits per heavy atom. The number of hydrogen-bond donors (Lipinski definition) is 2. The van der Waals surface area contributed by atoms with Crippen LogP contribution < -0.4 is 5.32 Å². The molecule has 0 amide bonds. The van der Waals surface area contributed by atoms with Crippen molar-refractivity contribution in [1.29, 1.82) is 0 Å². The van der Waals surface area contributed by atoms with Crippen LogP contribution in [0.2, 0.25) is 0 Å². The maximum absolute atomic E-state index is 11.7. The molecule has 88 valence electrons. The number of carbonyl (C=O) groups is 1. The molecular weight excluding hydrogens is 194 g/mol. The Balaban J connectivity index is 2.28. The van der Waals surface area contributed by atoms with Gasteiger partial charge in [0.25, 0.3) is 0 Å². The van der Waals surface area contributed by atoms with Gasteiger partial charge in [-0.3, -0.25) is 4.79 Å². The standard InChI is InChI=1S/C11H21NO3/c1-12-10(7-4-8-13)11(14)15-9-5-2-3-6-9/h9-10,12-13H,2-8H2,1H3/t10-/m0/s1. The highest BCUT2D eigenvalue weighted by molar-refractivity contribution is 5.75. The Bertz CT molecular complexity index is 190. The van der Waals surface area contributed by atoms with Gasteiger partial charge < -0.3 is 15.2 Å². The molecule has 0 radical (unpaired) electrons. The third-order valence-corrected chi connectivity index (χ3v) is 2.87. The second-order valence-corrected chi connectivity index (χ2v) is 4.05. The van der Waals surface area contributed by atoms with Crippen molar-refractivity contribution in [3.63, 3.8) is 0 Å². The molecule has 1 fully saturated rings. The second-order valence-electron chi connectivity index (χ2n) is 4.05. The van der Waals surface area contributed by atoms with Gasteiger partial charge in [-0.25, -0.2) is 0 Å². The Morgan fingerprint density at radius 1 is 1.53 bits per heavy atom. The predicted octanol–water partition coefficient (Wildman–Crippen LogP) is 0.833. The highest BCUT2D eigenvalue weighted by Gasteiger charge is 2.23. The molecule has 0 heterocycles. The summed E-state index contributed by atoms with van der Waals surface area (Å²) in [4.78, 5) is 11.7. The lowest BCUT2D eigenvalue weighted by Gasteiger charge is -2.18. The molecule has 1 aliphatic rings. The number of ether oxygens (including phenoxy) is 1. The molecule has 0 saturated heterocycles. The highest BCUT2D eigenvalue weighted by Crippen LogP contribution is 2.21. The summed E-state index contributed by atoms with van der Waals surface area (Å²) in [5.74, 6) is -0.169. The fraction of sp³-hybridized carbons (Fsp3) is 0.909. The number of likely N-dealkylation sites (N-methyl/N-ethyl adjacent to an activating group) is 1. The summed E-state index contributed by atoms with van der Waals surface area (Å²) >= 11 is 0. The van der Waals surface area contributed by atoms with Gasteiger partial charge in [-0.05, 0) is 45.6 Å². The van der Waals surface area contributed by atoms with Crippen LogP contribution in [-0.4, -0.2) is 36.9 Å². The van der Waals surface area contributed by atoms with Crippen LogP contribution in [0.3, 0.4) is 0 Å². The first-order valence-electron chi connectivity index (χ1n) is 5.76. The normalized spacial score (nSPS) is 19.1. The minimum atomic E-state index is -0.266. The van der Waals surface area contributed by atoms with Gasteiger partial charge in [0.2, 0.25) is 0 Å². The monoisotopic (exact) mass is 215 g/mol. The first kappa shape index (κ1) is 12.5. The minimum absolute atomic E-state index is 0.120. The van der Waals surface area contributed by atoms with Gasteiger partial charge in [-0.15, -0.1) is 0 Å². The Morgan fingerprint density at radius 2 is 2.20 bits per heavy atom. The molecule has 1 atom stereocenters. The van der Waals surface area contributed by atoms with Crippen molar-refractivity contribution in [2.24, 2.45) is 0 Å². The van der Waals surface area contributed by atoms with Crippen molar-refractivity contribution in [2.75, 3.05) is 13.7 Å². The van der Waals surface area contributed by atoms with E-state index in [1.54, 1.807) is 7.05 Å². The van der Waals surface area contributed by atoms with E-state index in [1.807, 2.05) is 0 Å². The fourth-order valence-electron chi connectivity index (χ4n) is 1.93. The topological polar surface area (TPSA) is 58.6 Å². The molecule has 0 bridgehead atoms. The van der Waals surface area contributed by atoms with E-state index in [2.05, 4.69) is 5.32 Å². The van der Waals surface area contributed by atoms with Crippen molar-refractivity contribution in [2.45, 2.75) is 50.7 Å². The van der Waals surface area contributed by atoms with E-state index in [1.165, 1.54) is 12.8 Å². The third kappa shape index (κ3) is 4.18. The molecule has 0 spiro atoms. The molecule has 4 nitrogen and oxygen atoms in total. The van der Waals surface area contributed by atoms with Crippen LogP contribution in [0, 0.1) is 0 Å². The fourth-order valence-corrected chi connectivity index (χ4v) is 1.93. The predicted molar refractivity (Wildman–Crippen MR) is 57.5 cm³/mol. The van der Waals surface area contributed by atoms with Crippen molar-refractivity contribution < 1.29 is 14.6 Å². The number of esters is 1. The molecule has 2 N–H and O–H groups in total. The molecule has 1 saturated carbocycles. The number of aliphatic hydroxyl groups excluding tert-OH is 1. The summed E-state index contributed by atoms with van der Waals surface area (Å²) in [6.45, 7) is 0.120. The van der Waals surface area contributed by atoms with Gasteiger partial charge in [-0.2, -0.15) is 0 Å². The van der Waals surface area contributed by atoms with Gasteiger partial charge >= 0.3 is 5.97 Å². The maximum Gasteiger partial charge on any atom is 0.323 e. The van der Waals surface area contributed by atoms with Crippen molar-refractivity contribution >= 4 is 5.97 Å². The van der Waals surface area contributed by atoms with E-state index in [-0.39, 0.29) is 24.7 Å². The first-order valence-corrected chi connectivity index (χ1v) is 5.76.